The van der Waals surface area contributed by atoms with Crippen LogP contribution in [-0.4, -0.2) is 0 Å². The Labute approximate surface area is 124 Å². The minimum absolute atomic E-state index is 0.191. The molecule has 0 spiro atoms. The van der Waals surface area contributed by atoms with Crippen molar-refractivity contribution in [3.63, 3.8) is 0 Å². The maximum Gasteiger partial charge on any atom is 0.169 e. The first-order valence-corrected chi connectivity index (χ1v) is 6.71. The van der Waals surface area contributed by atoms with Gasteiger partial charge in [0.05, 0.1) is 16.1 Å². The van der Waals surface area contributed by atoms with Gasteiger partial charge in [-0.2, -0.15) is 0 Å². The number of fused-ring (bicyclic) bond motifs is 1. The van der Waals surface area contributed by atoms with E-state index in [1.165, 1.54) is 6.07 Å². The van der Waals surface area contributed by atoms with Gasteiger partial charge in [-0.25, -0.2) is 4.39 Å². The second-order valence-corrected chi connectivity index (χ2v) is 5.21. The molecule has 0 aliphatic heterocycles. The third kappa shape index (κ3) is 2.18. The quantitative estimate of drug-likeness (QED) is 0.729. The van der Waals surface area contributed by atoms with Crippen molar-refractivity contribution in [3.05, 3.63) is 69.7 Å². The highest BCUT2D eigenvalue weighted by Crippen LogP contribution is 2.34. The highest BCUT2D eigenvalue weighted by atomic mass is 35.5. The average molecular weight is 310 g/mol. The van der Waals surface area contributed by atoms with Crippen LogP contribution >= 0.6 is 23.2 Å². The molecule has 102 valence electrons. The molecule has 0 bridgehead atoms. The number of halogens is 3. The van der Waals surface area contributed by atoms with Gasteiger partial charge in [0.15, 0.2) is 11.4 Å². The molecule has 0 amide bonds. The fourth-order valence-electron chi connectivity index (χ4n) is 2.11. The van der Waals surface area contributed by atoms with Crippen molar-refractivity contribution in [2.75, 3.05) is 0 Å². The molecule has 0 radical (unpaired) electrons. The third-order valence-electron chi connectivity index (χ3n) is 3.14. The van der Waals surface area contributed by atoms with Gasteiger partial charge in [0, 0.05) is 5.39 Å². The summed E-state index contributed by atoms with van der Waals surface area (Å²) in [7, 11) is 0. The summed E-state index contributed by atoms with van der Waals surface area (Å²) in [6.45, 7) is 0. The summed E-state index contributed by atoms with van der Waals surface area (Å²) in [6.07, 6.45) is 0. The topological polar surface area (TPSA) is 39.2 Å². The fraction of sp³-hybridized carbons (Fsp3) is 0.0667. The van der Waals surface area contributed by atoms with E-state index in [2.05, 4.69) is 0 Å². The van der Waals surface area contributed by atoms with Crippen LogP contribution in [0.2, 0.25) is 10.0 Å². The Morgan fingerprint density at radius 2 is 1.85 bits per heavy atom. The van der Waals surface area contributed by atoms with Crippen molar-refractivity contribution in [1.82, 2.24) is 0 Å². The molecule has 0 aliphatic rings. The molecule has 0 fully saturated rings. The van der Waals surface area contributed by atoms with E-state index in [4.69, 9.17) is 33.4 Å². The lowest BCUT2D eigenvalue weighted by atomic mass is 10.1. The van der Waals surface area contributed by atoms with Crippen molar-refractivity contribution in [2.24, 2.45) is 5.73 Å². The van der Waals surface area contributed by atoms with Crippen LogP contribution < -0.4 is 5.73 Å². The van der Waals surface area contributed by atoms with E-state index in [9.17, 15) is 4.39 Å². The molecule has 1 atom stereocenters. The van der Waals surface area contributed by atoms with E-state index < -0.39 is 11.9 Å². The number of nitrogens with two attached hydrogens (primary N) is 1. The van der Waals surface area contributed by atoms with Crippen molar-refractivity contribution in [3.8, 4) is 0 Å². The van der Waals surface area contributed by atoms with E-state index in [-0.39, 0.29) is 5.58 Å². The molecule has 0 saturated heterocycles. The van der Waals surface area contributed by atoms with Crippen LogP contribution in [-0.2, 0) is 0 Å². The van der Waals surface area contributed by atoms with Gasteiger partial charge >= 0.3 is 0 Å². The van der Waals surface area contributed by atoms with Crippen molar-refractivity contribution in [2.45, 2.75) is 6.04 Å². The maximum absolute atomic E-state index is 13.6. The third-order valence-corrected chi connectivity index (χ3v) is 3.97. The molecule has 2 aromatic carbocycles. The molecule has 3 aromatic rings. The van der Waals surface area contributed by atoms with Gasteiger partial charge in [-0.1, -0.05) is 47.5 Å². The molecule has 5 heteroatoms. The van der Waals surface area contributed by atoms with Crippen LogP contribution in [0.4, 0.5) is 4.39 Å². The minimum Gasteiger partial charge on any atom is -0.456 e. The van der Waals surface area contributed by atoms with Crippen molar-refractivity contribution >= 4 is 34.2 Å². The van der Waals surface area contributed by atoms with Crippen molar-refractivity contribution < 1.29 is 8.81 Å². The lowest BCUT2D eigenvalue weighted by Gasteiger charge is -2.11. The van der Waals surface area contributed by atoms with E-state index in [1.807, 2.05) is 0 Å². The molecule has 1 aromatic heterocycles. The summed E-state index contributed by atoms with van der Waals surface area (Å²) in [6, 6.07) is 11.0. The highest BCUT2D eigenvalue weighted by Gasteiger charge is 2.19. The molecule has 20 heavy (non-hydrogen) atoms. The second-order valence-electron chi connectivity index (χ2n) is 4.43. The van der Waals surface area contributed by atoms with E-state index in [0.29, 0.717) is 26.8 Å². The number of benzene rings is 2. The zero-order valence-corrected chi connectivity index (χ0v) is 11.8. The lowest BCUT2D eigenvalue weighted by Crippen LogP contribution is -2.11. The normalized spacial score (nSPS) is 12.8. The second kappa shape index (κ2) is 5.09. The van der Waals surface area contributed by atoms with Crippen LogP contribution in [0, 0.1) is 5.82 Å². The Bertz CT molecular complexity index is 785. The number of hydrogen-bond acceptors (Lipinski definition) is 2. The summed E-state index contributed by atoms with van der Waals surface area (Å²) in [5.74, 6) is 0.0207. The molecular formula is C15H10Cl2FNO. The zero-order chi connectivity index (χ0) is 14.3. The Morgan fingerprint density at radius 3 is 2.60 bits per heavy atom. The van der Waals surface area contributed by atoms with Crippen LogP contribution in [0.15, 0.2) is 46.9 Å². The van der Waals surface area contributed by atoms with Crippen LogP contribution in [0.3, 0.4) is 0 Å². The number of rotatable bonds is 2. The fourth-order valence-corrected chi connectivity index (χ4v) is 2.54. The van der Waals surface area contributed by atoms with Gasteiger partial charge in [0.1, 0.15) is 5.76 Å². The molecule has 2 N–H and O–H groups in total. The van der Waals surface area contributed by atoms with Gasteiger partial charge in [-0.3, -0.25) is 0 Å². The Hall–Kier alpha value is -1.55. The van der Waals surface area contributed by atoms with E-state index in [0.717, 1.165) is 0 Å². The first-order chi connectivity index (χ1) is 9.58. The summed E-state index contributed by atoms with van der Waals surface area (Å²) in [5.41, 5.74) is 6.97. The largest absolute Gasteiger partial charge is 0.456 e. The molecular weight excluding hydrogens is 300 g/mol. The SMILES string of the molecule is NC(c1cc2cccc(F)c2o1)c1cccc(Cl)c1Cl. The van der Waals surface area contributed by atoms with Gasteiger partial charge in [-0.15, -0.1) is 0 Å². The maximum atomic E-state index is 13.6. The molecule has 3 rings (SSSR count). The standard InChI is InChI=1S/C15H10Cl2FNO/c16-10-5-2-4-9(13(10)17)14(19)12-7-8-3-1-6-11(18)15(8)20-12/h1-7,14H,19H2. The van der Waals surface area contributed by atoms with Crippen molar-refractivity contribution in [1.29, 1.82) is 0 Å². The molecule has 1 unspecified atom stereocenters. The monoisotopic (exact) mass is 309 g/mol. The summed E-state index contributed by atoms with van der Waals surface area (Å²) < 4.78 is 19.1. The van der Waals surface area contributed by atoms with E-state index in [1.54, 1.807) is 36.4 Å². The van der Waals surface area contributed by atoms with Crippen LogP contribution in [0.25, 0.3) is 11.0 Å². The highest BCUT2D eigenvalue weighted by molar-refractivity contribution is 6.42. The number of hydrogen-bond donors (Lipinski definition) is 1. The van der Waals surface area contributed by atoms with Crippen LogP contribution in [0.1, 0.15) is 17.4 Å². The first kappa shape index (κ1) is 13.4. The lowest BCUT2D eigenvalue weighted by molar-refractivity contribution is 0.502. The van der Waals surface area contributed by atoms with Gasteiger partial charge < -0.3 is 10.2 Å². The molecule has 0 aliphatic carbocycles. The first-order valence-electron chi connectivity index (χ1n) is 5.95. The molecule has 1 heterocycles. The summed E-state index contributed by atoms with van der Waals surface area (Å²) in [4.78, 5) is 0. The smallest absolute Gasteiger partial charge is 0.169 e. The zero-order valence-electron chi connectivity index (χ0n) is 10.2. The van der Waals surface area contributed by atoms with Gasteiger partial charge in [0.25, 0.3) is 0 Å². The summed E-state index contributed by atoms with van der Waals surface area (Å²) >= 11 is 12.1. The van der Waals surface area contributed by atoms with Gasteiger partial charge in [0.2, 0.25) is 0 Å². The number of furan rings is 1. The van der Waals surface area contributed by atoms with Gasteiger partial charge in [-0.05, 0) is 23.8 Å². The predicted molar refractivity (Wildman–Crippen MR) is 78.7 cm³/mol. The minimum atomic E-state index is -0.604. The van der Waals surface area contributed by atoms with Crippen LogP contribution in [0.5, 0.6) is 0 Å². The average Bonchev–Trinajstić information content (AvgIpc) is 2.87. The Morgan fingerprint density at radius 1 is 1.10 bits per heavy atom. The number of para-hydroxylation sites is 1. The molecule has 2 nitrogen and oxygen atoms in total. The Balaban J connectivity index is 2.10. The molecule has 0 saturated carbocycles. The summed E-state index contributed by atoms with van der Waals surface area (Å²) in [5, 5.41) is 1.46. The predicted octanol–water partition coefficient (Wildman–Crippen LogP) is 4.93. The Kier molecular flexibility index (Phi) is 3.42. The van der Waals surface area contributed by atoms with E-state index >= 15 is 0 Å².